The van der Waals surface area contributed by atoms with E-state index >= 15 is 0 Å². The fourth-order valence-corrected chi connectivity index (χ4v) is 3.64. The van der Waals surface area contributed by atoms with Crippen LogP contribution in [0.25, 0.3) is 0 Å². The van der Waals surface area contributed by atoms with E-state index in [1.165, 1.54) is 17.0 Å². The van der Waals surface area contributed by atoms with Gasteiger partial charge in [0.25, 0.3) is 5.91 Å². The van der Waals surface area contributed by atoms with Gasteiger partial charge in [0, 0.05) is 20.0 Å². The molecule has 0 N–H and O–H groups in total. The molecule has 1 amide bonds. The Balaban J connectivity index is 1.82. The standard InChI is InChI=1S/C17H12Cl2F2N6O/c1-26-11-4-5-27(17(28)9-2-3-10(18)13(21)12(9)19)15(14(11)24-25-26)16-22-6-8(20)7-23-16/h2-3,6-7,15H,4-5H2,1H3. The zero-order chi connectivity index (χ0) is 20.0. The third-order valence-electron chi connectivity index (χ3n) is 4.54. The summed E-state index contributed by atoms with van der Waals surface area (Å²) in [6.45, 7) is 0.263. The van der Waals surface area contributed by atoms with Crippen molar-refractivity contribution in [3.63, 3.8) is 0 Å². The Kier molecular flexibility index (Phi) is 4.72. The molecule has 11 heteroatoms. The lowest BCUT2D eigenvalue weighted by Crippen LogP contribution is -2.42. The number of amides is 1. The summed E-state index contributed by atoms with van der Waals surface area (Å²) in [4.78, 5) is 22.6. The van der Waals surface area contributed by atoms with Crippen LogP contribution in [0.4, 0.5) is 8.78 Å². The summed E-state index contributed by atoms with van der Waals surface area (Å²) < 4.78 is 29.0. The molecule has 28 heavy (non-hydrogen) atoms. The maximum absolute atomic E-state index is 14.1. The summed E-state index contributed by atoms with van der Waals surface area (Å²) in [5, 5.41) is 7.57. The van der Waals surface area contributed by atoms with Crippen LogP contribution in [0.1, 0.15) is 33.6 Å². The summed E-state index contributed by atoms with van der Waals surface area (Å²) in [7, 11) is 1.73. The molecule has 1 atom stereocenters. The normalized spacial score (nSPS) is 16.2. The lowest BCUT2D eigenvalue weighted by atomic mass is 10.00. The Hall–Kier alpha value is -2.65. The molecule has 2 aromatic heterocycles. The van der Waals surface area contributed by atoms with Crippen molar-refractivity contribution in [2.75, 3.05) is 6.54 Å². The summed E-state index contributed by atoms with van der Waals surface area (Å²) in [5.41, 5.74) is 1.22. The van der Waals surface area contributed by atoms with Gasteiger partial charge in [-0.25, -0.2) is 18.7 Å². The highest BCUT2D eigenvalue weighted by molar-refractivity contribution is 6.37. The number of halogens is 4. The van der Waals surface area contributed by atoms with Crippen molar-refractivity contribution >= 4 is 29.1 Å². The molecule has 0 radical (unpaired) electrons. The second-order valence-electron chi connectivity index (χ2n) is 6.18. The van der Waals surface area contributed by atoms with Crippen LogP contribution in [0.15, 0.2) is 24.5 Å². The highest BCUT2D eigenvalue weighted by Crippen LogP contribution is 2.35. The van der Waals surface area contributed by atoms with Gasteiger partial charge in [0.1, 0.15) is 11.7 Å². The van der Waals surface area contributed by atoms with Crippen LogP contribution in [-0.4, -0.2) is 42.3 Å². The first-order valence-electron chi connectivity index (χ1n) is 8.19. The van der Waals surface area contributed by atoms with Gasteiger partial charge in [0.15, 0.2) is 17.5 Å². The molecule has 0 saturated carbocycles. The monoisotopic (exact) mass is 424 g/mol. The third-order valence-corrected chi connectivity index (χ3v) is 5.21. The Morgan fingerprint density at radius 3 is 2.64 bits per heavy atom. The van der Waals surface area contributed by atoms with Crippen LogP contribution in [0.3, 0.4) is 0 Å². The van der Waals surface area contributed by atoms with Gasteiger partial charge in [0.2, 0.25) is 0 Å². The van der Waals surface area contributed by atoms with Crippen molar-refractivity contribution in [1.82, 2.24) is 29.9 Å². The largest absolute Gasteiger partial charge is 0.322 e. The lowest BCUT2D eigenvalue weighted by molar-refractivity contribution is 0.0682. The van der Waals surface area contributed by atoms with E-state index < -0.39 is 23.6 Å². The van der Waals surface area contributed by atoms with Crippen LogP contribution in [0.5, 0.6) is 0 Å². The third kappa shape index (κ3) is 3.00. The number of rotatable bonds is 2. The Labute approximate surface area is 167 Å². The average Bonchev–Trinajstić information content (AvgIpc) is 3.07. The number of hydrogen-bond acceptors (Lipinski definition) is 5. The molecule has 4 rings (SSSR count). The second kappa shape index (κ2) is 7.06. The minimum Gasteiger partial charge on any atom is -0.322 e. The quantitative estimate of drug-likeness (QED) is 0.591. The molecule has 1 aliphatic heterocycles. The fraction of sp³-hybridized carbons (Fsp3) is 0.235. The summed E-state index contributed by atoms with van der Waals surface area (Å²) in [6.07, 6.45) is 2.48. The van der Waals surface area contributed by atoms with Crippen molar-refractivity contribution in [1.29, 1.82) is 0 Å². The molecule has 144 valence electrons. The highest BCUT2D eigenvalue weighted by Gasteiger charge is 2.38. The van der Waals surface area contributed by atoms with Gasteiger partial charge in [-0.3, -0.25) is 9.48 Å². The van der Waals surface area contributed by atoms with E-state index in [9.17, 15) is 13.6 Å². The van der Waals surface area contributed by atoms with Gasteiger partial charge in [0.05, 0.1) is 33.7 Å². The Bertz CT molecular complexity index is 1070. The molecule has 1 unspecified atom stereocenters. The lowest BCUT2D eigenvalue weighted by Gasteiger charge is -2.34. The first-order chi connectivity index (χ1) is 13.4. The fourth-order valence-electron chi connectivity index (χ4n) is 3.19. The average molecular weight is 425 g/mol. The number of aromatic nitrogens is 5. The Morgan fingerprint density at radius 2 is 1.93 bits per heavy atom. The minimum absolute atomic E-state index is 0.0528. The van der Waals surface area contributed by atoms with Gasteiger partial charge < -0.3 is 4.90 Å². The number of carbonyl (C=O) groups is 1. The van der Waals surface area contributed by atoms with Crippen molar-refractivity contribution < 1.29 is 13.6 Å². The van der Waals surface area contributed by atoms with Gasteiger partial charge in [-0.05, 0) is 12.1 Å². The summed E-state index contributed by atoms with van der Waals surface area (Å²) >= 11 is 11.7. The second-order valence-corrected chi connectivity index (χ2v) is 6.96. The predicted molar refractivity (Wildman–Crippen MR) is 96.0 cm³/mol. The molecule has 1 aliphatic rings. The zero-order valence-corrected chi connectivity index (χ0v) is 15.9. The molecule has 0 fully saturated rings. The molecule has 0 bridgehead atoms. The van der Waals surface area contributed by atoms with Gasteiger partial charge in [-0.15, -0.1) is 5.10 Å². The van der Waals surface area contributed by atoms with Crippen LogP contribution < -0.4 is 0 Å². The molecule has 0 saturated heterocycles. The number of hydrogen-bond donors (Lipinski definition) is 0. The first-order valence-corrected chi connectivity index (χ1v) is 8.94. The smallest absolute Gasteiger partial charge is 0.256 e. The minimum atomic E-state index is -0.874. The van der Waals surface area contributed by atoms with E-state index in [0.29, 0.717) is 12.1 Å². The van der Waals surface area contributed by atoms with E-state index in [4.69, 9.17) is 23.2 Å². The maximum atomic E-state index is 14.1. The topological polar surface area (TPSA) is 76.8 Å². The van der Waals surface area contributed by atoms with Crippen molar-refractivity contribution in [3.8, 4) is 0 Å². The van der Waals surface area contributed by atoms with Crippen LogP contribution in [0.2, 0.25) is 10.0 Å². The SMILES string of the molecule is Cn1nnc2c1CCN(C(=O)c1ccc(Cl)c(F)c1Cl)C2c1ncc(F)cn1. The number of carbonyl (C=O) groups excluding carboxylic acids is 1. The van der Waals surface area contributed by atoms with Crippen LogP contribution in [-0.2, 0) is 13.5 Å². The van der Waals surface area contributed by atoms with E-state index in [-0.39, 0.29) is 28.0 Å². The maximum Gasteiger partial charge on any atom is 0.256 e. The van der Waals surface area contributed by atoms with E-state index in [2.05, 4.69) is 20.3 Å². The number of benzene rings is 1. The van der Waals surface area contributed by atoms with Crippen LogP contribution >= 0.6 is 23.2 Å². The first kappa shape index (κ1) is 18.7. The van der Waals surface area contributed by atoms with E-state index in [0.717, 1.165) is 18.1 Å². The van der Waals surface area contributed by atoms with E-state index in [1.54, 1.807) is 11.7 Å². The van der Waals surface area contributed by atoms with Crippen molar-refractivity contribution in [2.45, 2.75) is 12.5 Å². The van der Waals surface area contributed by atoms with Crippen LogP contribution in [0, 0.1) is 11.6 Å². The molecule has 3 aromatic rings. The van der Waals surface area contributed by atoms with Crippen molar-refractivity contribution in [2.24, 2.45) is 7.05 Å². The van der Waals surface area contributed by atoms with Crippen molar-refractivity contribution in [3.05, 3.63) is 69.0 Å². The molecule has 0 spiro atoms. The number of aryl methyl sites for hydroxylation is 1. The highest BCUT2D eigenvalue weighted by atomic mass is 35.5. The van der Waals surface area contributed by atoms with Gasteiger partial charge >= 0.3 is 0 Å². The molecular weight excluding hydrogens is 413 g/mol. The molecular formula is C17H12Cl2F2N6O. The zero-order valence-electron chi connectivity index (χ0n) is 14.4. The Morgan fingerprint density at radius 1 is 1.21 bits per heavy atom. The summed E-state index contributed by atoms with van der Waals surface area (Å²) in [5.74, 6) is -1.86. The van der Waals surface area contributed by atoms with E-state index in [1.807, 2.05) is 0 Å². The predicted octanol–water partition coefficient (Wildman–Crippen LogP) is 2.98. The van der Waals surface area contributed by atoms with Gasteiger partial charge in [-0.2, -0.15) is 0 Å². The number of fused-ring (bicyclic) bond motifs is 1. The number of nitrogens with zero attached hydrogens (tertiary/aromatic N) is 6. The molecule has 0 aliphatic carbocycles. The molecule has 7 nitrogen and oxygen atoms in total. The molecule has 1 aromatic carbocycles. The van der Waals surface area contributed by atoms with Gasteiger partial charge in [-0.1, -0.05) is 28.4 Å². The molecule has 3 heterocycles. The summed E-state index contributed by atoms with van der Waals surface area (Å²) in [6, 6.07) is 1.79.